The maximum Gasteiger partial charge on any atom is 0.416 e. The third kappa shape index (κ3) is 5.83. The first-order valence-electron chi connectivity index (χ1n) is 12.1. The lowest BCUT2D eigenvalue weighted by molar-refractivity contribution is -0.143. The van der Waals surface area contributed by atoms with Gasteiger partial charge in [-0.05, 0) is 79.0 Å². The van der Waals surface area contributed by atoms with Crippen molar-refractivity contribution in [3.8, 4) is 0 Å². The van der Waals surface area contributed by atoms with Crippen LogP contribution in [-0.4, -0.2) is 45.0 Å². The predicted octanol–water partition coefficient (Wildman–Crippen LogP) is 6.30. The van der Waals surface area contributed by atoms with E-state index < -0.39 is 30.0 Å². The number of hydrogen-bond donors (Lipinski definition) is 1. The highest BCUT2D eigenvalue weighted by Crippen LogP contribution is 2.38. The van der Waals surface area contributed by atoms with Gasteiger partial charge in [-0.2, -0.15) is 31.4 Å². The van der Waals surface area contributed by atoms with Crippen LogP contribution in [0, 0.1) is 0 Å². The lowest BCUT2D eigenvalue weighted by Crippen LogP contribution is -2.33. The Morgan fingerprint density at radius 3 is 2.54 bits per heavy atom. The van der Waals surface area contributed by atoms with Crippen LogP contribution in [-0.2, 0) is 23.7 Å². The summed E-state index contributed by atoms with van der Waals surface area (Å²) in [6.45, 7) is 0.860. The van der Waals surface area contributed by atoms with Crippen molar-refractivity contribution in [3.63, 3.8) is 0 Å². The van der Waals surface area contributed by atoms with Gasteiger partial charge in [-0.1, -0.05) is 12.1 Å². The van der Waals surface area contributed by atoms with Crippen molar-refractivity contribution in [1.29, 1.82) is 0 Å². The highest BCUT2D eigenvalue weighted by molar-refractivity contribution is 8.18. The minimum atomic E-state index is -4.98. The van der Waals surface area contributed by atoms with E-state index >= 15 is 0 Å². The molecule has 0 spiro atoms. The molecule has 1 atom stereocenters. The number of alkyl halides is 6. The molecule has 0 aliphatic carbocycles. The van der Waals surface area contributed by atoms with Crippen LogP contribution in [0.4, 0.5) is 31.1 Å². The van der Waals surface area contributed by atoms with Crippen LogP contribution >= 0.6 is 11.8 Å². The van der Waals surface area contributed by atoms with Gasteiger partial charge in [0.15, 0.2) is 0 Å². The molecule has 1 unspecified atom stereocenters. The number of nitrogens with one attached hydrogen (secondary N) is 1. The molecule has 0 bridgehead atoms. The molecule has 2 aliphatic rings. The first-order chi connectivity index (χ1) is 18.4. The maximum absolute atomic E-state index is 13.6. The van der Waals surface area contributed by atoms with E-state index in [0.29, 0.717) is 35.5 Å². The molecule has 2 fully saturated rings. The summed E-state index contributed by atoms with van der Waals surface area (Å²) in [5.74, 6) is -0.374. The molecule has 206 valence electrons. The molecule has 0 radical (unpaired) electrons. The molecule has 3 aromatic rings. The molecule has 1 N–H and O–H groups in total. The standard InChI is InChI=1S/C26H22F6N4O2S/c27-25(28,29)18-5-4-16(20(12-18)26(30,31)32)14-36-21-6-3-15(10-17(21)13-34-36)11-22-23(37)35(24(38)39-22)9-7-19-2-1-8-33-19/h3-6,10-13,19,33H,1-2,7-9,14H2. The zero-order chi connectivity index (χ0) is 27.9. The Kier molecular flexibility index (Phi) is 7.23. The quantitative estimate of drug-likeness (QED) is 0.279. The van der Waals surface area contributed by atoms with E-state index in [-0.39, 0.29) is 33.7 Å². The fourth-order valence-corrected chi connectivity index (χ4v) is 5.63. The van der Waals surface area contributed by atoms with E-state index in [2.05, 4.69) is 10.4 Å². The van der Waals surface area contributed by atoms with Crippen LogP contribution in [0.5, 0.6) is 0 Å². The summed E-state index contributed by atoms with van der Waals surface area (Å²) in [7, 11) is 0. The number of halogens is 6. The van der Waals surface area contributed by atoms with Crippen molar-refractivity contribution >= 4 is 39.9 Å². The van der Waals surface area contributed by atoms with Crippen molar-refractivity contribution in [1.82, 2.24) is 20.0 Å². The van der Waals surface area contributed by atoms with Gasteiger partial charge in [0.05, 0.1) is 34.3 Å². The van der Waals surface area contributed by atoms with Gasteiger partial charge in [0.25, 0.3) is 11.1 Å². The first-order valence-corrected chi connectivity index (χ1v) is 12.9. The zero-order valence-electron chi connectivity index (χ0n) is 20.3. The summed E-state index contributed by atoms with van der Waals surface area (Å²) in [4.78, 5) is 26.7. The molecule has 2 saturated heterocycles. The Morgan fingerprint density at radius 1 is 1.05 bits per heavy atom. The number of fused-ring (bicyclic) bond motifs is 1. The topological polar surface area (TPSA) is 67.2 Å². The highest BCUT2D eigenvalue weighted by atomic mass is 32.2. The van der Waals surface area contributed by atoms with E-state index in [1.807, 2.05) is 0 Å². The number of carbonyl (C=O) groups is 2. The van der Waals surface area contributed by atoms with Gasteiger partial charge >= 0.3 is 12.4 Å². The van der Waals surface area contributed by atoms with Crippen molar-refractivity contribution in [2.24, 2.45) is 0 Å². The predicted molar refractivity (Wildman–Crippen MR) is 134 cm³/mol. The molecule has 2 aliphatic heterocycles. The second kappa shape index (κ2) is 10.3. The number of aromatic nitrogens is 2. The normalized spacial score (nSPS) is 19.7. The van der Waals surface area contributed by atoms with Crippen LogP contribution in [0.2, 0.25) is 0 Å². The van der Waals surface area contributed by atoms with E-state index in [9.17, 15) is 35.9 Å². The molecule has 2 aromatic carbocycles. The van der Waals surface area contributed by atoms with Gasteiger partial charge in [-0.15, -0.1) is 0 Å². The van der Waals surface area contributed by atoms with Gasteiger partial charge in [0, 0.05) is 18.0 Å². The van der Waals surface area contributed by atoms with Crippen LogP contribution in [0.1, 0.15) is 41.5 Å². The largest absolute Gasteiger partial charge is 0.416 e. The summed E-state index contributed by atoms with van der Waals surface area (Å²) in [6, 6.07) is 6.73. The molecule has 3 heterocycles. The minimum Gasteiger partial charge on any atom is -0.314 e. The number of hydrogen-bond acceptors (Lipinski definition) is 5. The number of imide groups is 1. The molecule has 5 rings (SSSR count). The first kappa shape index (κ1) is 27.3. The van der Waals surface area contributed by atoms with Gasteiger partial charge in [-0.25, -0.2) is 0 Å². The van der Waals surface area contributed by atoms with Crippen molar-refractivity contribution in [2.75, 3.05) is 13.1 Å². The average Bonchev–Trinajstić information content (AvgIpc) is 3.58. The number of nitrogens with zero attached hydrogens (tertiary/aromatic N) is 3. The summed E-state index contributed by atoms with van der Waals surface area (Å²) in [6.07, 6.45) is -4.13. The monoisotopic (exact) mass is 568 g/mol. The zero-order valence-corrected chi connectivity index (χ0v) is 21.1. The molecule has 39 heavy (non-hydrogen) atoms. The van der Waals surface area contributed by atoms with E-state index in [4.69, 9.17) is 0 Å². The SMILES string of the molecule is O=C1SC(=Cc2ccc3c(cnn3Cc3ccc(C(F)(F)F)cc3C(F)(F)F)c2)C(=O)N1CCC1CCCN1. The Labute approximate surface area is 223 Å². The smallest absolute Gasteiger partial charge is 0.314 e. The van der Waals surface area contributed by atoms with Crippen molar-refractivity contribution in [2.45, 2.75) is 44.2 Å². The number of rotatable bonds is 6. The lowest BCUT2D eigenvalue weighted by Gasteiger charge is -2.16. The Hall–Kier alpha value is -3.32. The van der Waals surface area contributed by atoms with Gasteiger partial charge in [0.1, 0.15) is 0 Å². The van der Waals surface area contributed by atoms with Gasteiger partial charge in [-0.3, -0.25) is 19.2 Å². The molecule has 13 heteroatoms. The lowest BCUT2D eigenvalue weighted by atomic mass is 10.0. The Bertz CT molecular complexity index is 1460. The third-order valence-electron chi connectivity index (χ3n) is 6.76. The fourth-order valence-electron chi connectivity index (χ4n) is 4.77. The molecular formula is C26H22F6N4O2S. The van der Waals surface area contributed by atoms with E-state index in [1.54, 1.807) is 24.3 Å². The summed E-state index contributed by atoms with van der Waals surface area (Å²) in [5.41, 5.74) is -2.07. The van der Waals surface area contributed by atoms with Crippen molar-refractivity contribution in [3.05, 3.63) is 69.8 Å². The number of amides is 2. The van der Waals surface area contributed by atoms with Crippen LogP contribution in [0.3, 0.4) is 0 Å². The molecule has 0 saturated carbocycles. The summed E-state index contributed by atoms with van der Waals surface area (Å²) >= 11 is 0.849. The van der Waals surface area contributed by atoms with E-state index in [1.165, 1.54) is 15.8 Å². The van der Waals surface area contributed by atoms with Crippen LogP contribution < -0.4 is 5.32 Å². The Morgan fingerprint density at radius 2 is 1.85 bits per heavy atom. The van der Waals surface area contributed by atoms with Gasteiger partial charge in [0.2, 0.25) is 0 Å². The molecular weight excluding hydrogens is 546 g/mol. The van der Waals surface area contributed by atoms with E-state index in [0.717, 1.165) is 37.2 Å². The Balaban J connectivity index is 1.35. The van der Waals surface area contributed by atoms with Crippen molar-refractivity contribution < 1.29 is 35.9 Å². The molecule has 1 aromatic heterocycles. The average molecular weight is 569 g/mol. The summed E-state index contributed by atoms with van der Waals surface area (Å²) < 4.78 is 80.9. The second-order valence-electron chi connectivity index (χ2n) is 9.40. The summed E-state index contributed by atoms with van der Waals surface area (Å²) in [5, 5.41) is 7.67. The molecule has 6 nitrogen and oxygen atoms in total. The van der Waals surface area contributed by atoms with Gasteiger partial charge < -0.3 is 5.32 Å². The molecule has 2 amide bonds. The third-order valence-corrected chi connectivity index (χ3v) is 7.67. The van der Waals surface area contributed by atoms with Crippen LogP contribution in [0.15, 0.2) is 47.5 Å². The van der Waals surface area contributed by atoms with Crippen LogP contribution in [0.25, 0.3) is 17.0 Å². The highest BCUT2D eigenvalue weighted by Gasteiger charge is 2.38. The maximum atomic E-state index is 13.6. The second-order valence-corrected chi connectivity index (χ2v) is 10.4. The minimum absolute atomic E-state index is 0.108. The number of carbonyl (C=O) groups excluding carboxylic acids is 2. The fraction of sp³-hybridized carbons (Fsp3) is 0.346. The number of thioether (sulfide) groups is 1. The number of benzene rings is 2.